The number of hydrogen-bond donors (Lipinski definition) is 2. The number of phenolic OH excluding ortho intramolecular Hbond substituents is 2. The monoisotopic (exact) mass is 1020 g/mol. The van der Waals surface area contributed by atoms with Crippen LogP contribution in [-0.2, 0) is 44.7 Å². The number of benzene rings is 3. The predicted molar refractivity (Wildman–Crippen MR) is 287 cm³/mol. The second kappa shape index (κ2) is 29.8. The number of carbonyl (C=O) groups excluding carboxylic acids is 7. The van der Waals surface area contributed by atoms with E-state index in [1.54, 1.807) is 37.3 Å². The van der Waals surface area contributed by atoms with Crippen molar-refractivity contribution in [2.45, 2.75) is 144 Å². The zero-order valence-corrected chi connectivity index (χ0v) is 45.0. The van der Waals surface area contributed by atoms with Crippen molar-refractivity contribution in [3.8, 4) is 23.0 Å². The van der Waals surface area contributed by atoms with Crippen molar-refractivity contribution < 1.29 is 62.7 Å². The van der Waals surface area contributed by atoms with Crippen LogP contribution in [0.15, 0.2) is 108 Å². The molecule has 400 valence electrons. The minimum Gasteiger partial charge on any atom is -0.504 e. The largest absolute Gasteiger partial charge is 0.504 e. The molecule has 2 saturated carbocycles. The maximum Gasteiger partial charge on any atom is 0.375 e. The topological polar surface area (TPSA) is 200 Å². The van der Waals surface area contributed by atoms with Gasteiger partial charge < -0.3 is 34.0 Å². The van der Waals surface area contributed by atoms with Crippen LogP contribution in [0, 0.1) is 22.7 Å². The first-order chi connectivity index (χ1) is 35.1. The molecule has 0 aromatic heterocycles. The molecule has 3 aromatic rings. The first-order valence-electron chi connectivity index (χ1n) is 25.3. The fourth-order valence-electron chi connectivity index (χ4n) is 9.26. The van der Waals surface area contributed by atoms with Gasteiger partial charge in [-0.15, -0.1) is 0 Å². The molecule has 13 nitrogen and oxygen atoms in total. The normalized spacial score (nSPS) is 23.9. The number of ether oxygens (including phenoxy) is 4. The predicted octanol–water partition coefficient (Wildman–Crippen LogP) is 11.7. The number of aldehydes is 3. The summed E-state index contributed by atoms with van der Waals surface area (Å²) in [6.45, 7) is 16.4. The van der Waals surface area contributed by atoms with Gasteiger partial charge in [-0.1, -0.05) is 92.6 Å². The molecule has 8 rings (SSSR count). The van der Waals surface area contributed by atoms with Gasteiger partial charge in [0.05, 0.1) is 25.7 Å². The number of Topliss-reactive ketones (excluding diaryl/α,β-unsaturated/α-hetero) is 3. The van der Waals surface area contributed by atoms with Gasteiger partial charge in [-0.3, -0.25) is 24.0 Å². The Balaban J connectivity index is 0.000000237. The summed E-state index contributed by atoms with van der Waals surface area (Å²) in [6.07, 6.45) is 23.0. The average molecular weight is 1020 g/mol. The summed E-state index contributed by atoms with van der Waals surface area (Å²) in [7, 11) is 2.94. The summed E-state index contributed by atoms with van der Waals surface area (Å²) in [5, 5.41) is 18.4. The number of phenols is 2. The Morgan fingerprint density at radius 3 is 1.96 bits per heavy atom. The van der Waals surface area contributed by atoms with Gasteiger partial charge >= 0.3 is 5.97 Å². The lowest BCUT2D eigenvalue weighted by Crippen LogP contribution is -2.32. The van der Waals surface area contributed by atoms with E-state index < -0.39 is 5.97 Å². The second-order valence-electron chi connectivity index (χ2n) is 20.3. The highest BCUT2D eigenvalue weighted by Gasteiger charge is 2.63. The number of aryl methyl sites for hydroxylation is 1. The number of carbonyl (C=O) groups is 7. The van der Waals surface area contributed by atoms with E-state index in [0.29, 0.717) is 54.3 Å². The Bertz CT molecular complexity index is 2490. The second-order valence-corrected chi connectivity index (χ2v) is 20.3. The molecule has 74 heavy (non-hydrogen) atoms. The summed E-state index contributed by atoms with van der Waals surface area (Å²) < 4.78 is 20.6. The molecule has 0 amide bonds. The fourth-order valence-corrected chi connectivity index (χ4v) is 9.26. The Hall–Kier alpha value is -6.73. The van der Waals surface area contributed by atoms with Crippen LogP contribution < -0.4 is 9.47 Å². The van der Waals surface area contributed by atoms with Crippen molar-refractivity contribution in [1.29, 1.82) is 0 Å². The van der Waals surface area contributed by atoms with Crippen molar-refractivity contribution in [2.75, 3.05) is 14.2 Å². The lowest BCUT2D eigenvalue weighted by Gasteiger charge is -2.32. The third-order valence-corrected chi connectivity index (χ3v) is 14.5. The molecule has 2 heterocycles. The third-order valence-electron chi connectivity index (χ3n) is 14.5. The molecule has 3 aromatic carbocycles. The number of allylic oxidation sites excluding steroid dienone is 7. The molecule has 2 bridgehead atoms. The zero-order chi connectivity index (χ0) is 55.1. The van der Waals surface area contributed by atoms with Gasteiger partial charge in [0.1, 0.15) is 42.6 Å². The molecule has 2 aliphatic heterocycles. The molecule has 13 heteroatoms. The standard InChI is InChI=1S/C13H16O4.C11H14O3.2C10H16O.C9H8O.C8H8O3/c1-13-7-5-3-2-4-6-8-9(14)12(15)16-10(8)11(13)17-13;1-8(12)3-4-9-5-6-10(13)11(7-9)14-2;1-9(2)7-4-5-10(9,3)8(11)6-7;1-9(2)5-4-6-10(3)7-8-11;10-8-4-7-9-5-2-1-3-6-9;1-11-8-4-6(5-9)2-3-7(8)10/h2-3,8,10-11H,4-7H2,1H3;5-7,13H,3-4H2,1-2H3;7H,4-6H2,1-3H3;5,7-8H,4,6H2,1-3H3;1-8H;2-5,10H,1H3/b3-2+;;;;7-4+;/t8-,10-,11-,13+;;;;;/m0...../s1. The number of esters is 1. The van der Waals surface area contributed by atoms with Crippen LogP contribution in [0.25, 0.3) is 6.08 Å². The lowest BCUT2D eigenvalue weighted by atomic mass is 9.70. The van der Waals surface area contributed by atoms with Gasteiger partial charge in [0.15, 0.2) is 23.0 Å². The summed E-state index contributed by atoms with van der Waals surface area (Å²) in [6, 6.07) is 19.2. The molecular formula is C61H78O13. The molecule has 2 N–H and O–H groups in total. The van der Waals surface area contributed by atoms with Crippen molar-refractivity contribution >= 4 is 48.3 Å². The van der Waals surface area contributed by atoms with Gasteiger partial charge in [0.2, 0.25) is 5.78 Å². The molecule has 6 atom stereocenters. The lowest BCUT2D eigenvalue weighted by molar-refractivity contribution is -0.149. The fraction of sp³-hybridized carbons (Fsp3) is 0.459. The Morgan fingerprint density at radius 1 is 0.770 bits per heavy atom. The molecule has 5 aliphatic rings. The zero-order valence-electron chi connectivity index (χ0n) is 45.0. The first kappa shape index (κ1) is 61.6. The molecule has 2 unspecified atom stereocenters. The van der Waals surface area contributed by atoms with Crippen LogP contribution >= 0.6 is 0 Å². The molecule has 4 fully saturated rings. The van der Waals surface area contributed by atoms with Gasteiger partial charge in [0.25, 0.3) is 0 Å². The van der Waals surface area contributed by atoms with Gasteiger partial charge in [-0.2, -0.15) is 0 Å². The number of aromatic hydroxyl groups is 2. The SMILES string of the molecule is CC(C)=CCCC(C)=CC=O.CC12CCC(CC1=O)C2(C)C.COc1cc(C=O)ccc1O.COc1cc(CCC(C)=O)ccc1O.C[C@@]12CC/C=C/CC[C@H]3C(=O)C(=O)O[C@@H]3[C@@H]1O2.O=C/C=C/c1ccccc1. The van der Waals surface area contributed by atoms with Crippen LogP contribution in [-0.4, -0.2) is 84.4 Å². The number of ketones is 3. The first-order valence-corrected chi connectivity index (χ1v) is 25.3. The minimum atomic E-state index is -0.680. The smallest absolute Gasteiger partial charge is 0.375 e. The van der Waals surface area contributed by atoms with Gasteiger partial charge in [0, 0.05) is 23.8 Å². The molecule has 0 radical (unpaired) electrons. The maximum atomic E-state index is 11.7. The highest BCUT2D eigenvalue weighted by molar-refractivity contribution is 6.36. The Labute approximate surface area is 438 Å². The van der Waals surface area contributed by atoms with Crippen LogP contribution in [0.3, 0.4) is 0 Å². The molecule has 0 spiro atoms. The number of hydrogen-bond acceptors (Lipinski definition) is 13. The van der Waals surface area contributed by atoms with Crippen molar-refractivity contribution in [2.24, 2.45) is 22.7 Å². The van der Waals surface area contributed by atoms with E-state index in [-0.39, 0.29) is 57.6 Å². The average Bonchev–Trinajstić information content (AvgIpc) is 3.83. The quantitative estimate of drug-likeness (QED) is 0.0434. The highest BCUT2D eigenvalue weighted by atomic mass is 16.6. The van der Waals surface area contributed by atoms with Gasteiger partial charge in [-0.05, 0) is 157 Å². The van der Waals surface area contributed by atoms with Crippen molar-refractivity contribution in [1.82, 2.24) is 0 Å². The van der Waals surface area contributed by atoms with E-state index in [1.807, 2.05) is 44.2 Å². The third kappa shape index (κ3) is 18.3. The van der Waals surface area contributed by atoms with E-state index in [2.05, 4.69) is 52.8 Å². The number of methoxy groups -OCH3 is 2. The van der Waals surface area contributed by atoms with E-state index in [0.717, 1.165) is 74.2 Å². The van der Waals surface area contributed by atoms with Crippen LogP contribution in [0.5, 0.6) is 23.0 Å². The summed E-state index contributed by atoms with van der Waals surface area (Å²) >= 11 is 0. The van der Waals surface area contributed by atoms with Crippen LogP contribution in [0.4, 0.5) is 0 Å². The van der Waals surface area contributed by atoms with Gasteiger partial charge in [-0.25, -0.2) is 4.79 Å². The number of fused-ring (bicyclic) bond motifs is 5. The van der Waals surface area contributed by atoms with Crippen molar-refractivity contribution in [3.05, 3.63) is 125 Å². The van der Waals surface area contributed by atoms with E-state index in [1.165, 1.54) is 50.5 Å². The molecule has 3 aliphatic carbocycles. The van der Waals surface area contributed by atoms with Crippen LogP contribution in [0.2, 0.25) is 0 Å². The number of rotatable bonds is 12. The molecule has 2 saturated heterocycles. The van der Waals surface area contributed by atoms with E-state index in [4.69, 9.17) is 24.1 Å². The van der Waals surface area contributed by atoms with E-state index in [9.17, 15) is 38.7 Å². The highest BCUT2D eigenvalue weighted by Crippen LogP contribution is 2.63. The minimum absolute atomic E-state index is 0.0255. The Morgan fingerprint density at radius 2 is 1.42 bits per heavy atom. The summed E-state index contributed by atoms with van der Waals surface area (Å²) in [4.78, 5) is 75.6. The maximum absolute atomic E-state index is 11.7. The van der Waals surface area contributed by atoms with E-state index >= 15 is 0 Å². The summed E-state index contributed by atoms with van der Waals surface area (Å²) in [5.74, 6) is 0.925. The van der Waals surface area contributed by atoms with Crippen molar-refractivity contribution in [3.63, 3.8) is 0 Å². The van der Waals surface area contributed by atoms with Crippen LogP contribution in [0.1, 0.15) is 141 Å². The number of epoxide rings is 1. The Kier molecular flexibility index (Phi) is 24.8. The summed E-state index contributed by atoms with van der Waals surface area (Å²) in [5.41, 5.74) is 5.11. The molecular weight excluding hydrogens is 941 g/mol.